The fraction of sp³-hybridized carbons (Fsp3) is 1.00. The Balaban J connectivity index is 2.83. The predicted molar refractivity (Wildman–Crippen MR) is 83.0 cm³/mol. The van der Waals surface area contributed by atoms with Crippen LogP contribution in [0.4, 0.5) is 0 Å². The first-order chi connectivity index (χ1) is 7.91. The van der Waals surface area contributed by atoms with E-state index in [1.54, 1.807) is 0 Å². The summed E-state index contributed by atoms with van der Waals surface area (Å²) in [4.78, 5) is 0. The van der Waals surface area contributed by atoms with Gasteiger partial charge in [0, 0.05) is 0 Å². The van der Waals surface area contributed by atoms with Crippen molar-refractivity contribution < 1.29 is 0 Å². The summed E-state index contributed by atoms with van der Waals surface area (Å²) >= 11 is 6.37. The van der Waals surface area contributed by atoms with E-state index in [9.17, 15) is 0 Å². The number of hydrogen-bond acceptors (Lipinski definition) is 2. The van der Waals surface area contributed by atoms with Crippen molar-refractivity contribution in [3.8, 4) is 0 Å². The summed E-state index contributed by atoms with van der Waals surface area (Å²) < 4.78 is 0. The second kappa shape index (κ2) is 15.7. The van der Waals surface area contributed by atoms with Gasteiger partial charge in [0.2, 0.25) is 0 Å². The molecule has 0 N–H and O–H groups in total. The quantitative estimate of drug-likeness (QED) is 0.334. The normalized spacial score (nSPS) is 10.9. The average Bonchev–Trinajstić information content (AvgIpc) is 2.31. The monoisotopic (exact) mass is 262 g/mol. The molecule has 0 aliphatic carbocycles. The molecule has 0 aromatic carbocycles. The van der Waals surface area contributed by atoms with Gasteiger partial charge in [-0.2, -0.15) is 24.4 Å². The van der Waals surface area contributed by atoms with Crippen LogP contribution < -0.4 is 0 Å². The number of thioether (sulfide) groups is 1. The zero-order valence-corrected chi connectivity index (χ0v) is 12.8. The SMILES string of the molecule is CCCCSCCCCCCCCCCS. The van der Waals surface area contributed by atoms with Crippen LogP contribution in [0.2, 0.25) is 0 Å². The van der Waals surface area contributed by atoms with Gasteiger partial charge >= 0.3 is 0 Å². The number of unbranched alkanes of at least 4 members (excludes halogenated alkanes) is 8. The van der Waals surface area contributed by atoms with Crippen LogP contribution in [0.5, 0.6) is 0 Å². The lowest BCUT2D eigenvalue weighted by Crippen LogP contribution is -1.85. The molecule has 0 nitrogen and oxygen atoms in total. The molecule has 98 valence electrons. The Bertz CT molecular complexity index is 101. The van der Waals surface area contributed by atoms with Crippen molar-refractivity contribution in [1.29, 1.82) is 0 Å². The van der Waals surface area contributed by atoms with Crippen LogP contribution in [0.15, 0.2) is 0 Å². The maximum absolute atomic E-state index is 4.22. The highest BCUT2D eigenvalue weighted by Gasteiger charge is 1.92. The highest BCUT2D eigenvalue weighted by atomic mass is 32.2. The van der Waals surface area contributed by atoms with Gasteiger partial charge in [0.1, 0.15) is 0 Å². The van der Waals surface area contributed by atoms with Gasteiger partial charge in [-0.3, -0.25) is 0 Å². The van der Waals surface area contributed by atoms with E-state index in [1.165, 1.54) is 75.7 Å². The van der Waals surface area contributed by atoms with E-state index < -0.39 is 0 Å². The first-order valence-corrected chi connectivity index (χ1v) is 8.89. The van der Waals surface area contributed by atoms with Gasteiger partial charge in [-0.15, -0.1) is 0 Å². The van der Waals surface area contributed by atoms with Crippen LogP contribution >= 0.6 is 24.4 Å². The van der Waals surface area contributed by atoms with Crippen molar-refractivity contribution in [1.82, 2.24) is 0 Å². The average molecular weight is 263 g/mol. The Morgan fingerprint density at radius 1 is 0.688 bits per heavy atom. The number of rotatable bonds is 13. The third-order valence-electron chi connectivity index (χ3n) is 2.84. The predicted octanol–water partition coefficient (Wildman–Crippen LogP) is 5.57. The van der Waals surface area contributed by atoms with E-state index in [0.717, 1.165) is 5.75 Å². The molecule has 0 rings (SSSR count). The summed E-state index contributed by atoms with van der Waals surface area (Å²) in [6.07, 6.45) is 14.1. The number of thiol groups is 1. The molecule has 0 radical (unpaired) electrons. The fourth-order valence-corrected chi connectivity index (χ4v) is 3.05. The van der Waals surface area contributed by atoms with Gasteiger partial charge in [-0.25, -0.2) is 0 Å². The zero-order chi connectivity index (χ0) is 11.9. The van der Waals surface area contributed by atoms with E-state index in [-0.39, 0.29) is 0 Å². The first kappa shape index (κ1) is 16.7. The molecule has 0 bridgehead atoms. The standard InChI is InChI=1S/C14H30S2/c1-2-3-13-16-14-11-9-7-5-4-6-8-10-12-15/h15H,2-14H2,1H3. The van der Waals surface area contributed by atoms with Crippen LogP contribution in [0.3, 0.4) is 0 Å². The summed E-state index contributed by atoms with van der Waals surface area (Å²) in [5.41, 5.74) is 0. The van der Waals surface area contributed by atoms with Gasteiger partial charge in [-0.05, 0) is 36.5 Å². The molecular weight excluding hydrogens is 232 g/mol. The maximum Gasteiger partial charge on any atom is -0.00675 e. The molecule has 0 amide bonds. The van der Waals surface area contributed by atoms with E-state index in [2.05, 4.69) is 31.3 Å². The van der Waals surface area contributed by atoms with E-state index in [4.69, 9.17) is 0 Å². The molecule has 0 aromatic heterocycles. The summed E-state index contributed by atoms with van der Waals surface area (Å²) in [6, 6.07) is 0. The molecule has 0 unspecified atom stereocenters. The highest BCUT2D eigenvalue weighted by Crippen LogP contribution is 2.12. The van der Waals surface area contributed by atoms with E-state index >= 15 is 0 Å². The molecule has 0 saturated heterocycles. The molecular formula is C14H30S2. The minimum atomic E-state index is 1.06. The molecule has 0 aliphatic rings. The Morgan fingerprint density at radius 3 is 1.75 bits per heavy atom. The lowest BCUT2D eigenvalue weighted by atomic mass is 10.1. The zero-order valence-electron chi connectivity index (χ0n) is 11.0. The molecule has 0 fully saturated rings. The smallest absolute Gasteiger partial charge is 0.00675 e. The van der Waals surface area contributed by atoms with E-state index in [1.807, 2.05) is 0 Å². The second-order valence-corrected chi connectivity index (χ2v) is 6.19. The van der Waals surface area contributed by atoms with Crippen molar-refractivity contribution in [2.45, 2.75) is 71.1 Å². The lowest BCUT2D eigenvalue weighted by molar-refractivity contribution is 0.588. The van der Waals surface area contributed by atoms with Crippen LogP contribution in [-0.2, 0) is 0 Å². The van der Waals surface area contributed by atoms with Gasteiger partial charge < -0.3 is 0 Å². The Hall–Kier alpha value is 0.700. The van der Waals surface area contributed by atoms with Crippen molar-refractivity contribution in [2.24, 2.45) is 0 Å². The second-order valence-electron chi connectivity index (χ2n) is 4.52. The maximum atomic E-state index is 4.22. The molecule has 0 heterocycles. The molecule has 0 spiro atoms. The van der Waals surface area contributed by atoms with Gasteiger partial charge in [-0.1, -0.05) is 51.9 Å². The topological polar surface area (TPSA) is 0 Å². The summed E-state index contributed by atoms with van der Waals surface area (Å²) in [5, 5.41) is 0. The van der Waals surface area contributed by atoms with Crippen LogP contribution in [-0.4, -0.2) is 17.3 Å². The molecule has 16 heavy (non-hydrogen) atoms. The minimum Gasteiger partial charge on any atom is -0.179 e. The van der Waals surface area contributed by atoms with Crippen LogP contribution in [0, 0.1) is 0 Å². The third kappa shape index (κ3) is 14.7. The first-order valence-electron chi connectivity index (χ1n) is 7.10. The molecule has 0 atom stereocenters. The fourth-order valence-electron chi connectivity index (χ4n) is 1.73. The third-order valence-corrected chi connectivity index (χ3v) is 4.31. The van der Waals surface area contributed by atoms with Crippen molar-refractivity contribution >= 4 is 24.4 Å². The molecule has 2 heteroatoms. The summed E-state index contributed by atoms with van der Waals surface area (Å²) in [5.74, 6) is 3.83. The van der Waals surface area contributed by atoms with Gasteiger partial charge in [0.15, 0.2) is 0 Å². The van der Waals surface area contributed by atoms with Crippen LogP contribution in [0.1, 0.15) is 71.1 Å². The van der Waals surface area contributed by atoms with Crippen molar-refractivity contribution in [3.63, 3.8) is 0 Å². The largest absolute Gasteiger partial charge is 0.179 e. The number of hydrogen-bond donors (Lipinski definition) is 1. The minimum absolute atomic E-state index is 1.06. The van der Waals surface area contributed by atoms with Crippen molar-refractivity contribution in [3.05, 3.63) is 0 Å². The summed E-state index contributed by atoms with van der Waals surface area (Å²) in [7, 11) is 0. The Kier molecular flexibility index (Phi) is 16.4. The van der Waals surface area contributed by atoms with Gasteiger partial charge in [0.05, 0.1) is 0 Å². The molecule has 0 aromatic rings. The van der Waals surface area contributed by atoms with E-state index in [0.29, 0.717) is 0 Å². The highest BCUT2D eigenvalue weighted by molar-refractivity contribution is 7.99. The summed E-state index contributed by atoms with van der Waals surface area (Å²) in [6.45, 7) is 2.27. The molecule has 0 saturated carbocycles. The van der Waals surface area contributed by atoms with Gasteiger partial charge in [0.25, 0.3) is 0 Å². The lowest BCUT2D eigenvalue weighted by Gasteiger charge is -2.02. The van der Waals surface area contributed by atoms with Crippen molar-refractivity contribution in [2.75, 3.05) is 17.3 Å². The van der Waals surface area contributed by atoms with Crippen LogP contribution in [0.25, 0.3) is 0 Å². The Labute approximate surface area is 113 Å². The molecule has 0 aliphatic heterocycles. The Morgan fingerprint density at radius 2 is 1.19 bits per heavy atom.